The van der Waals surface area contributed by atoms with E-state index >= 15 is 0 Å². The molecule has 0 aromatic heterocycles. The monoisotopic (exact) mass is 376 g/mol. The molecule has 0 N–H and O–H groups in total. The molecule has 0 amide bonds. The SMILES string of the molecule is Cc1cc2c(cc1I)C(C)(C)c1c(C)c(C)cc(C)c1-2. The topological polar surface area (TPSA) is 0 Å². The van der Waals surface area contributed by atoms with Gasteiger partial charge in [-0.2, -0.15) is 0 Å². The van der Waals surface area contributed by atoms with Gasteiger partial charge in [-0.05, 0) is 101 Å². The first-order valence-electron chi connectivity index (χ1n) is 7.17. The molecule has 0 nitrogen and oxygen atoms in total. The van der Waals surface area contributed by atoms with Crippen molar-refractivity contribution in [2.75, 3.05) is 0 Å². The fourth-order valence-corrected chi connectivity index (χ4v) is 4.22. The highest BCUT2D eigenvalue weighted by Gasteiger charge is 2.38. The fourth-order valence-electron chi connectivity index (χ4n) is 3.76. The van der Waals surface area contributed by atoms with Crippen LogP contribution in [0.5, 0.6) is 0 Å². The maximum Gasteiger partial charge on any atom is 0.0163 e. The highest BCUT2D eigenvalue weighted by atomic mass is 127. The van der Waals surface area contributed by atoms with Crippen LogP contribution in [0, 0.1) is 31.3 Å². The zero-order valence-corrected chi connectivity index (χ0v) is 15.3. The maximum absolute atomic E-state index is 2.46. The van der Waals surface area contributed by atoms with Crippen molar-refractivity contribution in [3.05, 3.63) is 55.1 Å². The molecule has 0 heterocycles. The van der Waals surface area contributed by atoms with E-state index in [0.29, 0.717) is 0 Å². The Morgan fingerprint density at radius 3 is 2.15 bits per heavy atom. The Bertz CT molecular complexity index is 736. The normalized spacial score (nSPS) is 15.2. The van der Waals surface area contributed by atoms with Gasteiger partial charge in [-0.1, -0.05) is 26.0 Å². The number of rotatable bonds is 0. The largest absolute Gasteiger partial charge is 0.0555 e. The summed E-state index contributed by atoms with van der Waals surface area (Å²) in [6, 6.07) is 7.11. The van der Waals surface area contributed by atoms with E-state index in [2.05, 4.69) is 82.3 Å². The Kier molecular flexibility index (Phi) is 3.06. The second-order valence-electron chi connectivity index (χ2n) is 6.66. The van der Waals surface area contributed by atoms with Gasteiger partial charge in [0.25, 0.3) is 0 Å². The lowest BCUT2D eigenvalue weighted by molar-refractivity contribution is 0.654. The summed E-state index contributed by atoms with van der Waals surface area (Å²) in [6.07, 6.45) is 0. The van der Waals surface area contributed by atoms with Gasteiger partial charge in [0.1, 0.15) is 0 Å². The lowest BCUT2D eigenvalue weighted by atomic mass is 9.79. The molecule has 0 bridgehead atoms. The van der Waals surface area contributed by atoms with Gasteiger partial charge in [-0.3, -0.25) is 0 Å². The molecule has 0 unspecified atom stereocenters. The molecule has 1 aliphatic carbocycles. The van der Waals surface area contributed by atoms with Crippen molar-refractivity contribution < 1.29 is 0 Å². The third kappa shape index (κ3) is 1.71. The summed E-state index contributed by atoms with van der Waals surface area (Å²) < 4.78 is 1.37. The number of aryl methyl sites for hydroxylation is 3. The zero-order valence-electron chi connectivity index (χ0n) is 13.1. The van der Waals surface area contributed by atoms with E-state index in [9.17, 15) is 0 Å². The van der Waals surface area contributed by atoms with Crippen molar-refractivity contribution >= 4 is 22.6 Å². The van der Waals surface area contributed by atoms with Crippen LogP contribution in [0.2, 0.25) is 0 Å². The summed E-state index contributed by atoms with van der Waals surface area (Å²) in [5.41, 5.74) is 11.7. The summed E-state index contributed by atoms with van der Waals surface area (Å²) in [6.45, 7) is 13.7. The molecule has 2 aromatic rings. The quantitative estimate of drug-likeness (QED) is 0.508. The summed E-state index contributed by atoms with van der Waals surface area (Å²) >= 11 is 2.46. The molecule has 2 aromatic carbocycles. The predicted molar refractivity (Wildman–Crippen MR) is 95.7 cm³/mol. The molecule has 20 heavy (non-hydrogen) atoms. The molecule has 104 valence electrons. The number of hydrogen-bond donors (Lipinski definition) is 0. The lowest BCUT2D eigenvalue weighted by Gasteiger charge is -2.25. The average molecular weight is 376 g/mol. The Morgan fingerprint density at radius 1 is 0.850 bits per heavy atom. The molecule has 0 radical (unpaired) electrons. The first-order chi connectivity index (χ1) is 9.25. The molecule has 1 aliphatic rings. The molecule has 0 aliphatic heterocycles. The van der Waals surface area contributed by atoms with Crippen LogP contribution in [-0.2, 0) is 5.41 Å². The zero-order chi connectivity index (χ0) is 14.8. The summed E-state index contributed by atoms with van der Waals surface area (Å²) in [4.78, 5) is 0. The van der Waals surface area contributed by atoms with Gasteiger partial charge in [-0.15, -0.1) is 0 Å². The van der Waals surface area contributed by atoms with Crippen LogP contribution in [0.1, 0.15) is 47.2 Å². The second-order valence-corrected chi connectivity index (χ2v) is 7.82. The molecular weight excluding hydrogens is 355 g/mol. The van der Waals surface area contributed by atoms with Crippen LogP contribution in [0.15, 0.2) is 18.2 Å². The van der Waals surface area contributed by atoms with Crippen molar-refractivity contribution in [2.45, 2.75) is 47.0 Å². The molecule has 0 fully saturated rings. The van der Waals surface area contributed by atoms with Crippen LogP contribution in [0.4, 0.5) is 0 Å². The van der Waals surface area contributed by atoms with E-state index in [1.54, 1.807) is 0 Å². The van der Waals surface area contributed by atoms with Crippen molar-refractivity contribution in [2.24, 2.45) is 0 Å². The second kappa shape index (κ2) is 4.33. The van der Waals surface area contributed by atoms with Gasteiger partial charge < -0.3 is 0 Å². The van der Waals surface area contributed by atoms with E-state index in [1.807, 2.05) is 0 Å². The Balaban J connectivity index is 2.49. The highest BCUT2D eigenvalue weighted by Crippen LogP contribution is 2.52. The van der Waals surface area contributed by atoms with Crippen LogP contribution in [-0.4, -0.2) is 0 Å². The van der Waals surface area contributed by atoms with Crippen molar-refractivity contribution in [3.63, 3.8) is 0 Å². The summed E-state index contributed by atoms with van der Waals surface area (Å²) in [7, 11) is 0. The minimum Gasteiger partial charge on any atom is -0.0555 e. The molecular formula is C19H21I. The highest BCUT2D eigenvalue weighted by molar-refractivity contribution is 14.1. The minimum absolute atomic E-state index is 0.110. The Labute approximate surface area is 135 Å². The minimum atomic E-state index is 0.110. The standard InChI is InChI=1S/C19H21I/c1-10-7-12(3)17-14-8-11(2)16(20)9-15(14)19(5,6)18(17)13(10)4/h7-9H,1-6H3. The number of halogens is 1. The first-order valence-corrected chi connectivity index (χ1v) is 8.25. The van der Waals surface area contributed by atoms with Crippen LogP contribution >= 0.6 is 22.6 Å². The van der Waals surface area contributed by atoms with Gasteiger partial charge in [0, 0.05) is 8.99 Å². The molecule has 1 heteroatoms. The van der Waals surface area contributed by atoms with E-state index in [-0.39, 0.29) is 5.41 Å². The van der Waals surface area contributed by atoms with Gasteiger partial charge in [0.2, 0.25) is 0 Å². The molecule has 0 atom stereocenters. The van der Waals surface area contributed by atoms with Crippen molar-refractivity contribution in [3.8, 4) is 11.1 Å². The van der Waals surface area contributed by atoms with Crippen LogP contribution in [0.25, 0.3) is 11.1 Å². The average Bonchev–Trinajstić information content (AvgIpc) is 2.57. The van der Waals surface area contributed by atoms with Gasteiger partial charge in [-0.25, -0.2) is 0 Å². The summed E-state index contributed by atoms with van der Waals surface area (Å²) in [5.74, 6) is 0. The van der Waals surface area contributed by atoms with Crippen LogP contribution in [0.3, 0.4) is 0 Å². The Hall–Kier alpha value is -0.830. The maximum atomic E-state index is 2.46. The van der Waals surface area contributed by atoms with E-state index in [1.165, 1.54) is 48.1 Å². The molecule has 0 saturated carbocycles. The summed E-state index contributed by atoms with van der Waals surface area (Å²) in [5, 5.41) is 0. The third-order valence-electron chi connectivity index (χ3n) is 4.91. The molecule has 3 rings (SSSR count). The van der Waals surface area contributed by atoms with Crippen molar-refractivity contribution in [1.29, 1.82) is 0 Å². The van der Waals surface area contributed by atoms with E-state index in [0.717, 1.165) is 0 Å². The van der Waals surface area contributed by atoms with Gasteiger partial charge in [0.15, 0.2) is 0 Å². The van der Waals surface area contributed by atoms with Gasteiger partial charge in [0.05, 0.1) is 0 Å². The van der Waals surface area contributed by atoms with E-state index in [4.69, 9.17) is 0 Å². The van der Waals surface area contributed by atoms with Crippen molar-refractivity contribution in [1.82, 2.24) is 0 Å². The lowest BCUT2D eigenvalue weighted by Crippen LogP contribution is -2.17. The first kappa shape index (κ1) is 14.1. The van der Waals surface area contributed by atoms with E-state index < -0.39 is 0 Å². The Morgan fingerprint density at radius 2 is 1.50 bits per heavy atom. The third-order valence-corrected chi connectivity index (χ3v) is 6.07. The van der Waals surface area contributed by atoms with Crippen LogP contribution < -0.4 is 0 Å². The fraction of sp³-hybridized carbons (Fsp3) is 0.368. The number of hydrogen-bond acceptors (Lipinski definition) is 0. The molecule has 0 spiro atoms. The smallest absolute Gasteiger partial charge is 0.0163 e. The molecule has 0 saturated heterocycles. The predicted octanol–water partition coefficient (Wildman–Crippen LogP) is 5.83. The number of fused-ring (bicyclic) bond motifs is 3. The van der Waals surface area contributed by atoms with Gasteiger partial charge >= 0.3 is 0 Å². The number of benzene rings is 2.